The quantitative estimate of drug-likeness (QED) is 0.662. The summed E-state index contributed by atoms with van der Waals surface area (Å²) in [6, 6.07) is 1.24. The molecule has 2 aliphatic rings. The highest BCUT2D eigenvalue weighted by atomic mass is 19.4. The minimum Gasteiger partial charge on any atom is -0.396 e. The Bertz CT molecular complexity index is 1100. The first-order valence-corrected chi connectivity index (χ1v) is 10.4. The summed E-state index contributed by atoms with van der Waals surface area (Å²) in [4.78, 5) is 28.8. The van der Waals surface area contributed by atoms with Gasteiger partial charge < -0.3 is 20.2 Å². The van der Waals surface area contributed by atoms with E-state index in [1.807, 2.05) is 0 Å². The summed E-state index contributed by atoms with van der Waals surface area (Å²) >= 11 is 0. The van der Waals surface area contributed by atoms with Gasteiger partial charge in [0.1, 0.15) is 11.5 Å². The summed E-state index contributed by atoms with van der Waals surface area (Å²) in [5.41, 5.74) is -0.0726. The van der Waals surface area contributed by atoms with E-state index in [-0.39, 0.29) is 36.7 Å². The van der Waals surface area contributed by atoms with Crippen LogP contribution in [0.15, 0.2) is 18.2 Å². The Labute approximate surface area is 186 Å². The number of hydrogen-bond acceptors (Lipinski definition) is 4. The molecule has 0 bridgehead atoms. The van der Waals surface area contributed by atoms with Crippen molar-refractivity contribution < 1.29 is 32.3 Å². The predicted octanol–water partition coefficient (Wildman–Crippen LogP) is 2.71. The number of aliphatic hydroxyl groups is 1. The van der Waals surface area contributed by atoms with Gasteiger partial charge in [0, 0.05) is 56.4 Å². The van der Waals surface area contributed by atoms with E-state index in [1.165, 1.54) is 9.80 Å². The van der Waals surface area contributed by atoms with E-state index in [0.717, 1.165) is 6.07 Å². The molecule has 2 aliphatic heterocycles. The molecule has 2 atom stereocenters. The van der Waals surface area contributed by atoms with Crippen LogP contribution in [0, 0.1) is 11.7 Å². The van der Waals surface area contributed by atoms with E-state index in [4.69, 9.17) is 0 Å². The van der Waals surface area contributed by atoms with E-state index in [1.54, 1.807) is 18.7 Å². The van der Waals surface area contributed by atoms with Gasteiger partial charge in [-0.05, 0) is 25.1 Å². The van der Waals surface area contributed by atoms with Crippen LogP contribution in [0.25, 0.3) is 0 Å². The molecule has 1 unspecified atom stereocenters. The second-order valence-electron chi connectivity index (χ2n) is 8.49. The molecule has 2 N–H and O–H groups in total. The molecule has 0 saturated heterocycles. The fourth-order valence-electron chi connectivity index (χ4n) is 4.32. The van der Waals surface area contributed by atoms with Crippen LogP contribution in [-0.4, -0.2) is 62.9 Å². The number of carbonyl (C=O) groups excluding carboxylic acids is 2. The lowest BCUT2D eigenvalue weighted by molar-refractivity contribution is -0.139. The molecule has 0 fully saturated rings. The lowest BCUT2D eigenvalue weighted by atomic mass is 9.99. The molecular weight excluding hydrogens is 446 g/mol. The van der Waals surface area contributed by atoms with Crippen LogP contribution in [0.3, 0.4) is 0 Å². The number of benzene rings is 1. The SMILES string of the molecule is C[C@@H]1Cc2nn3c(c2CN1C(=O)Nc1ccc(F)c(C(F)(F)F)c1)C(=O)N(C)CC(CO)C3. The lowest BCUT2D eigenvalue weighted by Gasteiger charge is -2.33. The minimum absolute atomic E-state index is 0.0361. The third kappa shape index (κ3) is 4.26. The topological polar surface area (TPSA) is 90.7 Å². The Morgan fingerprint density at radius 2 is 2.03 bits per heavy atom. The maximum atomic E-state index is 13.6. The van der Waals surface area contributed by atoms with Crippen molar-refractivity contribution >= 4 is 17.6 Å². The largest absolute Gasteiger partial charge is 0.419 e. The molecule has 33 heavy (non-hydrogen) atoms. The van der Waals surface area contributed by atoms with Gasteiger partial charge in [0.05, 0.1) is 17.8 Å². The Morgan fingerprint density at radius 1 is 1.30 bits per heavy atom. The van der Waals surface area contributed by atoms with E-state index in [9.17, 15) is 32.3 Å². The number of alkyl halides is 3. The van der Waals surface area contributed by atoms with Crippen molar-refractivity contribution in [3.63, 3.8) is 0 Å². The van der Waals surface area contributed by atoms with Crippen LogP contribution in [0.4, 0.5) is 28.0 Å². The highest BCUT2D eigenvalue weighted by molar-refractivity contribution is 5.95. The second kappa shape index (κ2) is 8.32. The van der Waals surface area contributed by atoms with Crippen LogP contribution < -0.4 is 5.32 Å². The number of halogens is 4. The maximum Gasteiger partial charge on any atom is 0.419 e. The van der Waals surface area contributed by atoms with E-state index in [2.05, 4.69) is 10.4 Å². The number of rotatable bonds is 2. The number of carbonyl (C=O) groups is 2. The first kappa shape index (κ1) is 23.0. The van der Waals surface area contributed by atoms with Crippen molar-refractivity contribution in [2.45, 2.75) is 38.7 Å². The average Bonchev–Trinajstić information content (AvgIpc) is 3.02. The number of nitrogens with zero attached hydrogens (tertiary/aromatic N) is 4. The Balaban J connectivity index is 1.60. The van der Waals surface area contributed by atoms with Gasteiger partial charge >= 0.3 is 12.2 Å². The van der Waals surface area contributed by atoms with Crippen LogP contribution in [0.2, 0.25) is 0 Å². The second-order valence-corrected chi connectivity index (χ2v) is 8.49. The normalized spacial score (nSPS) is 20.9. The third-order valence-corrected chi connectivity index (χ3v) is 6.04. The molecule has 3 amide bonds. The highest BCUT2D eigenvalue weighted by Gasteiger charge is 2.38. The van der Waals surface area contributed by atoms with Gasteiger partial charge in [-0.1, -0.05) is 0 Å². The predicted molar refractivity (Wildman–Crippen MR) is 109 cm³/mol. The summed E-state index contributed by atoms with van der Waals surface area (Å²) in [6.45, 7) is 2.41. The zero-order valence-corrected chi connectivity index (χ0v) is 18.0. The Hall–Kier alpha value is -3.15. The van der Waals surface area contributed by atoms with Gasteiger partial charge in [-0.3, -0.25) is 9.48 Å². The molecule has 0 aliphatic carbocycles. The number of urea groups is 1. The molecule has 178 valence electrons. The molecule has 0 radical (unpaired) electrons. The van der Waals surface area contributed by atoms with Crippen molar-refractivity contribution in [2.24, 2.45) is 5.92 Å². The molecule has 1 aromatic carbocycles. The van der Waals surface area contributed by atoms with E-state index < -0.39 is 23.6 Å². The summed E-state index contributed by atoms with van der Waals surface area (Å²) in [6.07, 6.45) is -4.55. The number of amides is 3. The number of fused-ring (bicyclic) bond motifs is 3. The summed E-state index contributed by atoms with van der Waals surface area (Å²) in [5.74, 6) is -1.88. The first-order valence-electron chi connectivity index (χ1n) is 10.4. The lowest BCUT2D eigenvalue weighted by Crippen LogP contribution is -2.45. The number of aromatic nitrogens is 2. The number of hydrogen-bond donors (Lipinski definition) is 2. The molecule has 12 heteroatoms. The summed E-state index contributed by atoms with van der Waals surface area (Å²) < 4.78 is 54.1. The van der Waals surface area contributed by atoms with Gasteiger partial charge in [-0.2, -0.15) is 18.3 Å². The summed E-state index contributed by atoms with van der Waals surface area (Å²) in [7, 11) is 1.63. The Kier molecular flexibility index (Phi) is 5.81. The molecule has 8 nitrogen and oxygen atoms in total. The molecule has 3 heterocycles. The van der Waals surface area contributed by atoms with Gasteiger partial charge in [0.2, 0.25) is 0 Å². The van der Waals surface area contributed by atoms with Crippen LogP contribution >= 0.6 is 0 Å². The minimum atomic E-state index is -4.90. The van der Waals surface area contributed by atoms with Crippen molar-refractivity contribution in [3.05, 3.63) is 46.5 Å². The average molecular weight is 469 g/mol. The van der Waals surface area contributed by atoms with Crippen LogP contribution in [0.5, 0.6) is 0 Å². The highest BCUT2D eigenvalue weighted by Crippen LogP contribution is 2.34. The fourth-order valence-corrected chi connectivity index (χ4v) is 4.32. The molecule has 2 aromatic rings. The zero-order valence-electron chi connectivity index (χ0n) is 18.0. The molecule has 1 aromatic heterocycles. The third-order valence-electron chi connectivity index (χ3n) is 6.04. The van der Waals surface area contributed by atoms with Gasteiger partial charge in [0.25, 0.3) is 5.91 Å². The molecular formula is C21H23F4N5O3. The van der Waals surface area contributed by atoms with Crippen molar-refractivity contribution in [1.82, 2.24) is 19.6 Å². The van der Waals surface area contributed by atoms with E-state index in [0.29, 0.717) is 48.6 Å². The van der Waals surface area contributed by atoms with Crippen molar-refractivity contribution in [1.29, 1.82) is 0 Å². The molecule has 0 saturated carbocycles. The standard InChI is InChI=1S/C21H23F4N5O3/c1-11-5-17-14(18-19(32)28(2)7-12(10-31)8-30(18)27-17)9-29(11)20(33)26-13-3-4-16(22)15(6-13)21(23,24)25/h3-4,6,11-12,31H,5,7-10H2,1-2H3,(H,26,33)/t11-,12?/m1/s1. The number of anilines is 1. The molecule has 0 spiro atoms. The van der Waals surface area contributed by atoms with Crippen LogP contribution in [-0.2, 0) is 25.7 Å². The molecule has 4 rings (SSSR count). The fraction of sp³-hybridized carbons (Fsp3) is 0.476. The summed E-state index contributed by atoms with van der Waals surface area (Å²) in [5, 5.41) is 16.5. The van der Waals surface area contributed by atoms with E-state index >= 15 is 0 Å². The smallest absolute Gasteiger partial charge is 0.396 e. The van der Waals surface area contributed by atoms with Gasteiger partial charge in [-0.15, -0.1) is 0 Å². The maximum absolute atomic E-state index is 13.6. The Morgan fingerprint density at radius 3 is 2.70 bits per heavy atom. The monoisotopic (exact) mass is 469 g/mol. The van der Waals surface area contributed by atoms with Crippen molar-refractivity contribution in [2.75, 3.05) is 25.5 Å². The zero-order chi connectivity index (χ0) is 24.1. The number of aliphatic hydroxyl groups excluding tert-OH is 1. The first-order chi connectivity index (χ1) is 15.5. The van der Waals surface area contributed by atoms with Gasteiger partial charge in [-0.25, -0.2) is 9.18 Å². The van der Waals surface area contributed by atoms with Crippen LogP contribution in [0.1, 0.15) is 34.2 Å². The van der Waals surface area contributed by atoms with Gasteiger partial charge in [0.15, 0.2) is 0 Å². The number of nitrogens with one attached hydrogen (secondary N) is 1. The van der Waals surface area contributed by atoms with Crippen molar-refractivity contribution in [3.8, 4) is 0 Å².